The quantitative estimate of drug-likeness (QED) is 0.738. The molecule has 0 heterocycles. The zero-order chi connectivity index (χ0) is 13.0. The van der Waals surface area contributed by atoms with Crippen LogP contribution >= 0.6 is 0 Å². The molecule has 0 fully saturated rings. The fraction of sp³-hybridized carbons (Fsp3) is 0.900. The summed E-state index contributed by atoms with van der Waals surface area (Å²) in [6.07, 6.45) is -1.84. The number of hydrogen-bond acceptors (Lipinski definition) is 2. The van der Waals surface area contributed by atoms with Gasteiger partial charge in [-0.05, 0) is 18.1 Å². The molecular weight excluding hydrogens is 229 g/mol. The summed E-state index contributed by atoms with van der Waals surface area (Å²) in [6, 6.07) is 0. The van der Waals surface area contributed by atoms with Crippen molar-refractivity contribution < 1.29 is 18.7 Å². The maximum atomic E-state index is 12.7. The van der Waals surface area contributed by atoms with E-state index >= 15 is 0 Å². The van der Waals surface area contributed by atoms with Gasteiger partial charge in [-0.1, -0.05) is 20.8 Å². The largest absolute Gasteiger partial charge is 0.465 e. The Bertz CT molecular complexity index is 241. The second kappa shape index (κ2) is 5.63. The van der Waals surface area contributed by atoms with Crippen molar-refractivity contribution in [3.63, 3.8) is 0 Å². The highest BCUT2D eigenvalue weighted by molar-refractivity contribution is 6.74. The van der Waals surface area contributed by atoms with Gasteiger partial charge in [-0.3, -0.25) is 0 Å². The minimum Gasteiger partial charge on any atom is -0.465 e. The van der Waals surface area contributed by atoms with Gasteiger partial charge in [0.1, 0.15) is 6.67 Å². The van der Waals surface area contributed by atoms with Gasteiger partial charge in [-0.2, -0.15) is 0 Å². The number of hydrogen-bond donors (Lipinski definition) is 2. The molecule has 1 atom stereocenters. The summed E-state index contributed by atoms with van der Waals surface area (Å²) in [7, 11) is -2.03. The smallest absolute Gasteiger partial charge is 0.404 e. The van der Waals surface area contributed by atoms with E-state index in [-0.39, 0.29) is 11.6 Å². The van der Waals surface area contributed by atoms with Crippen LogP contribution in [0, 0.1) is 0 Å². The first-order valence-corrected chi connectivity index (χ1v) is 8.21. The molecule has 0 aromatic carbocycles. The topological polar surface area (TPSA) is 58.6 Å². The van der Waals surface area contributed by atoms with E-state index in [1.54, 1.807) is 0 Å². The van der Waals surface area contributed by atoms with Gasteiger partial charge < -0.3 is 14.8 Å². The fourth-order valence-corrected chi connectivity index (χ4v) is 2.26. The fourth-order valence-electron chi connectivity index (χ4n) is 0.922. The van der Waals surface area contributed by atoms with Crippen LogP contribution in [-0.2, 0) is 4.43 Å². The third-order valence-electron chi connectivity index (χ3n) is 2.92. The predicted molar refractivity (Wildman–Crippen MR) is 64.1 cm³/mol. The van der Waals surface area contributed by atoms with Gasteiger partial charge in [0.05, 0.1) is 6.10 Å². The lowest BCUT2D eigenvalue weighted by atomic mass is 10.2. The van der Waals surface area contributed by atoms with Gasteiger partial charge in [0.2, 0.25) is 0 Å². The molecule has 1 amide bonds. The highest BCUT2D eigenvalue weighted by Gasteiger charge is 2.39. The van der Waals surface area contributed by atoms with Crippen LogP contribution < -0.4 is 5.32 Å². The second-order valence-corrected chi connectivity index (χ2v) is 10.1. The van der Waals surface area contributed by atoms with Gasteiger partial charge in [0, 0.05) is 6.54 Å². The number of nitrogens with one attached hydrogen (secondary N) is 1. The van der Waals surface area contributed by atoms with Gasteiger partial charge in [-0.25, -0.2) is 9.18 Å². The number of carbonyl (C=O) groups is 1. The van der Waals surface area contributed by atoms with Gasteiger partial charge in [0.25, 0.3) is 0 Å². The van der Waals surface area contributed by atoms with Crippen molar-refractivity contribution in [2.24, 2.45) is 0 Å². The van der Waals surface area contributed by atoms with Crippen LogP contribution in [0.4, 0.5) is 9.18 Å². The molecule has 16 heavy (non-hydrogen) atoms. The molecule has 0 bridgehead atoms. The Morgan fingerprint density at radius 2 is 2.00 bits per heavy atom. The zero-order valence-electron chi connectivity index (χ0n) is 10.6. The minimum atomic E-state index is -2.03. The molecule has 1 unspecified atom stereocenters. The van der Waals surface area contributed by atoms with Crippen molar-refractivity contribution in [2.75, 3.05) is 13.2 Å². The van der Waals surface area contributed by atoms with Crippen LogP contribution in [0.15, 0.2) is 0 Å². The van der Waals surface area contributed by atoms with Crippen LogP contribution in [0.25, 0.3) is 0 Å². The van der Waals surface area contributed by atoms with Crippen molar-refractivity contribution in [3.8, 4) is 0 Å². The lowest BCUT2D eigenvalue weighted by molar-refractivity contribution is 0.138. The molecule has 0 aliphatic heterocycles. The predicted octanol–water partition coefficient (Wildman–Crippen LogP) is 2.61. The average molecular weight is 251 g/mol. The first-order chi connectivity index (χ1) is 7.10. The van der Waals surface area contributed by atoms with Crippen LogP contribution in [0.3, 0.4) is 0 Å². The molecule has 0 spiro atoms. The first-order valence-electron chi connectivity index (χ1n) is 5.30. The number of rotatable bonds is 5. The van der Waals surface area contributed by atoms with Gasteiger partial charge in [-0.15, -0.1) is 0 Å². The van der Waals surface area contributed by atoms with Crippen molar-refractivity contribution >= 4 is 14.4 Å². The lowest BCUT2D eigenvalue weighted by Crippen LogP contribution is -2.47. The molecule has 0 saturated heterocycles. The van der Waals surface area contributed by atoms with Gasteiger partial charge >= 0.3 is 6.09 Å². The summed E-state index contributed by atoms with van der Waals surface area (Å²) in [5.74, 6) is 0. The van der Waals surface area contributed by atoms with Crippen molar-refractivity contribution in [1.82, 2.24) is 5.32 Å². The number of carboxylic acid groups (broad SMARTS) is 1. The van der Waals surface area contributed by atoms with Crippen molar-refractivity contribution in [2.45, 2.75) is 45.0 Å². The molecule has 0 aliphatic carbocycles. The van der Waals surface area contributed by atoms with E-state index in [9.17, 15) is 9.18 Å². The molecule has 0 rings (SSSR count). The van der Waals surface area contributed by atoms with Crippen LogP contribution in [0.1, 0.15) is 20.8 Å². The molecule has 0 radical (unpaired) electrons. The lowest BCUT2D eigenvalue weighted by Gasteiger charge is -2.38. The Balaban J connectivity index is 4.36. The van der Waals surface area contributed by atoms with E-state index in [1.165, 1.54) is 0 Å². The summed E-state index contributed by atoms with van der Waals surface area (Å²) in [6.45, 7) is 9.51. The highest BCUT2D eigenvalue weighted by atomic mass is 28.4. The zero-order valence-corrected chi connectivity index (χ0v) is 11.6. The van der Waals surface area contributed by atoms with E-state index < -0.39 is 27.2 Å². The summed E-state index contributed by atoms with van der Waals surface area (Å²) >= 11 is 0. The minimum absolute atomic E-state index is 0.00164. The van der Waals surface area contributed by atoms with Gasteiger partial charge in [0.15, 0.2) is 8.32 Å². The Hall–Kier alpha value is -0.623. The number of halogens is 1. The van der Waals surface area contributed by atoms with E-state index in [0.29, 0.717) is 0 Å². The molecular formula is C10H22FNO3Si. The monoisotopic (exact) mass is 251 g/mol. The van der Waals surface area contributed by atoms with Crippen LogP contribution in [-0.4, -0.2) is 38.8 Å². The Labute approximate surface area is 97.3 Å². The van der Waals surface area contributed by atoms with E-state index in [4.69, 9.17) is 9.53 Å². The van der Waals surface area contributed by atoms with E-state index in [1.807, 2.05) is 13.1 Å². The number of alkyl halides is 1. The summed E-state index contributed by atoms with van der Waals surface area (Å²) in [5.41, 5.74) is 0. The highest BCUT2D eigenvalue weighted by Crippen LogP contribution is 2.37. The standard InChI is InChI=1S/C10H22FNO3Si/c1-10(2,3)16(4,5)15-8(6-11)7-12-9(13)14/h8,12H,6-7H2,1-5H3,(H,13,14). The van der Waals surface area contributed by atoms with Crippen LogP contribution in [0.2, 0.25) is 18.1 Å². The van der Waals surface area contributed by atoms with E-state index in [0.717, 1.165) is 0 Å². The first kappa shape index (κ1) is 15.4. The molecule has 2 N–H and O–H groups in total. The Morgan fingerprint density at radius 3 is 2.31 bits per heavy atom. The average Bonchev–Trinajstić information content (AvgIpc) is 2.09. The molecule has 0 aromatic rings. The third-order valence-corrected chi connectivity index (χ3v) is 7.46. The Morgan fingerprint density at radius 1 is 1.50 bits per heavy atom. The molecule has 4 nitrogen and oxygen atoms in total. The molecule has 6 heteroatoms. The normalized spacial score (nSPS) is 14.6. The molecule has 96 valence electrons. The molecule has 0 aliphatic rings. The van der Waals surface area contributed by atoms with Crippen LogP contribution in [0.5, 0.6) is 0 Å². The van der Waals surface area contributed by atoms with Crippen molar-refractivity contribution in [1.29, 1.82) is 0 Å². The van der Waals surface area contributed by atoms with E-state index in [2.05, 4.69) is 26.1 Å². The molecule has 0 aromatic heterocycles. The maximum Gasteiger partial charge on any atom is 0.404 e. The summed E-state index contributed by atoms with van der Waals surface area (Å²) in [4.78, 5) is 10.3. The summed E-state index contributed by atoms with van der Waals surface area (Å²) in [5, 5.41) is 10.6. The maximum absolute atomic E-state index is 12.7. The third kappa shape index (κ3) is 4.94. The second-order valence-electron chi connectivity index (χ2n) is 5.34. The van der Waals surface area contributed by atoms with Crippen molar-refractivity contribution in [3.05, 3.63) is 0 Å². The number of amides is 1. The summed E-state index contributed by atoms with van der Waals surface area (Å²) < 4.78 is 18.4. The molecule has 0 saturated carbocycles. The Kier molecular flexibility index (Phi) is 5.41. The SMILES string of the molecule is CC(C)(C)[Si](C)(C)OC(CF)CNC(=O)O.